The fourth-order valence-corrected chi connectivity index (χ4v) is 5.41. The van der Waals surface area contributed by atoms with E-state index in [1.54, 1.807) is 10.8 Å². The number of hydrogen-bond donors (Lipinski definition) is 5. The van der Waals surface area contributed by atoms with Crippen molar-refractivity contribution in [3.8, 4) is 0 Å². The van der Waals surface area contributed by atoms with Crippen molar-refractivity contribution in [2.45, 2.75) is 56.8 Å². The van der Waals surface area contributed by atoms with Gasteiger partial charge in [-0.05, 0) is 56.7 Å². The van der Waals surface area contributed by atoms with E-state index in [4.69, 9.17) is 29.7 Å². The predicted octanol–water partition coefficient (Wildman–Crippen LogP) is 3.03. The van der Waals surface area contributed by atoms with Gasteiger partial charge < -0.3 is 35.5 Å². The molecule has 0 amide bonds. The Morgan fingerprint density at radius 3 is 2.09 bits per heavy atom. The van der Waals surface area contributed by atoms with Gasteiger partial charge in [-0.2, -0.15) is 18.2 Å². The zero-order chi connectivity index (χ0) is 34.3. The molecule has 46 heavy (non-hydrogen) atoms. The molecule has 254 valence electrons. The standard InChI is InChI=1S/C26H33F3N6O2.3CH2O2/c1-33-11-13-34(14-12-33)18-5-8-20-21(15-18)24(37)35(17-3-6-19(36)7-4-17)23-22(20)16-31-25(32-23)30-10-2-9-26(27,28)29;3*2-1-3/h5,8,15-17,19,36H,2-4,6-7,9-14H2,1H3,(H,30,31,32);3*1H,(H,2,3)/t17-,19-;;;. The van der Waals surface area contributed by atoms with Crippen LogP contribution in [0.2, 0.25) is 0 Å². The fourth-order valence-electron chi connectivity index (χ4n) is 5.41. The summed E-state index contributed by atoms with van der Waals surface area (Å²) < 4.78 is 39.3. The van der Waals surface area contributed by atoms with Crippen LogP contribution in [-0.4, -0.2) is 111 Å². The first-order valence-corrected chi connectivity index (χ1v) is 14.4. The molecule has 0 atom stereocenters. The van der Waals surface area contributed by atoms with E-state index in [2.05, 4.69) is 32.1 Å². The minimum Gasteiger partial charge on any atom is -0.483 e. The summed E-state index contributed by atoms with van der Waals surface area (Å²) in [5.41, 5.74) is 1.34. The van der Waals surface area contributed by atoms with E-state index in [0.717, 1.165) is 42.6 Å². The molecular formula is C29H39F3N6O8. The second-order valence-electron chi connectivity index (χ2n) is 10.6. The highest BCUT2D eigenvalue weighted by atomic mass is 19.4. The summed E-state index contributed by atoms with van der Waals surface area (Å²) in [5.74, 6) is 0.201. The van der Waals surface area contributed by atoms with E-state index >= 15 is 0 Å². The van der Waals surface area contributed by atoms with Gasteiger partial charge in [-0.25, -0.2) is 4.98 Å². The van der Waals surface area contributed by atoms with Crippen LogP contribution >= 0.6 is 0 Å². The van der Waals surface area contributed by atoms with Crippen LogP contribution in [0.15, 0.2) is 29.2 Å². The Bertz CT molecular complexity index is 1460. The topological polar surface area (TPSA) is 198 Å². The number of aliphatic hydroxyl groups excluding tert-OH is 1. The average Bonchev–Trinajstić information content (AvgIpc) is 3.01. The zero-order valence-electron chi connectivity index (χ0n) is 25.3. The number of carboxylic acid groups (broad SMARTS) is 3. The van der Waals surface area contributed by atoms with Crippen LogP contribution in [-0.2, 0) is 14.4 Å². The summed E-state index contributed by atoms with van der Waals surface area (Å²) in [6, 6.07) is 5.81. The number of halogens is 3. The van der Waals surface area contributed by atoms with Gasteiger partial charge in [0.25, 0.3) is 25.0 Å². The lowest BCUT2D eigenvalue weighted by atomic mass is 9.92. The summed E-state index contributed by atoms with van der Waals surface area (Å²) >= 11 is 0. The van der Waals surface area contributed by atoms with Gasteiger partial charge in [0.15, 0.2) is 0 Å². The summed E-state index contributed by atoms with van der Waals surface area (Å²) in [6.45, 7) is 3.01. The van der Waals surface area contributed by atoms with Gasteiger partial charge in [0.1, 0.15) is 5.65 Å². The van der Waals surface area contributed by atoms with Gasteiger partial charge in [0, 0.05) is 62.5 Å². The number of rotatable bonds is 6. The lowest BCUT2D eigenvalue weighted by Gasteiger charge is -2.34. The number of nitrogens with zero attached hydrogens (tertiary/aromatic N) is 5. The third kappa shape index (κ3) is 10.8. The number of alkyl halides is 3. The Balaban J connectivity index is 0.000000736. The van der Waals surface area contributed by atoms with Crippen LogP contribution in [0.4, 0.5) is 24.8 Å². The van der Waals surface area contributed by atoms with Crippen LogP contribution in [0, 0.1) is 0 Å². The number of aliphatic hydroxyl groups is 1. The van der Waals surface area contributed by atoms with Crippen molar-refractivity contribution in [2.75, 3.05) is 50.0 Å². The third-order valence-corrected chi connectivity index (χ3v) is 7.56. The van der Waals surface area contributed by atoms with Crippen molar-refractivity contribution in [3.63, 3.8) is 0 Å². The van der Waals surface area contributed by atoms with Crippen molar-refractivity contribution in [1.82, 2.24) is 19.4 Å². The third-order valence-electron chi connectivity index (χ3n) is 7.56. The van der Waals surface area contributed by atoms with Crippen LogP contribution in [0.1, 0.15) is 44.6 Å². The quantitative estimate of drug-likeness (QED) is 0.148. The summed E-state index contributed by atoms with van der Waals surface area (Å²) in [4.78, 5) is 52.6. The highest BCUT2D eigenvalue weighted by Crippen LogP contribution is 2.33. The first-order chi connectivity index (χ1) is 21.9. The summed E-state index contributed by atoms with van der Waals surface area (Å²) in [6.07, 6.45) is -1.40. The summed E-state index contributed by atoms with van der Waals surface area (Å²) in [5, 5.41) is 35.7. The molecule has 3 heterocycles. The second kappa shape index (κ2) is 18.5. The molecule has 17 heteroatoms. The van der Waals surface area contributed by atoms with Gasteiger partial charge in [-0.1, -0.05) is 6.07 Å². The molecular weight excluding hydrogens is 617 g/mol. The molecule has 1 saturated heterocycles. The lowest BCUT2D eigenvalue weighted by molar-refractivity contribution is -0.135. The maximum Gasteiger partial charge on any atom is 0.389 e. The van der Waals surface area contributed by atoms with Crippen LogP contribution in [0.25, 0.3) is 21.8 Å². The number of anilines is 2. The first kappa shape index (κ1) is 37.7. The monoisotopic (exact) mass is 656 g/mol. The van der Waals surface area contributed by atoms with Crippen molar-refractivity contribution in [1.29, 1.82) is 0 Å². The van der Waals surface area contributed by atoms with Crippen molar-refractivity contribution < 1.29 is 48.0 Å². The Labute approximate surface area is 262 Å². The molecule has 5 rings (SSSR count). The van der Waals surface area contributed by atoms with E-state index in [1.165, 1.54) is 0 Å². The molecule has 0 unspecified atom stereocenters. The number of likely N-dealkylation sites (N-methyl/N-ethyl adjacent to an activating group) is 1. The Kier molecular flexibility index (Phi) is 15.1. The number of benzene rings is 1. The van der Waals surface area contributed by atoms with E-state index in [9.17, 15) is 23.1 Å². The number of carbonyl (C=O) groups is 3. The molecule has 5 N–H and O–H groups in total. The normalized spacial score (nSPS) is 18.2. The molecule has 1 saturated carbocycles. The van der Waals surface area contributed by atoms with E-state index in [1.807, 2.05) is 18.2 Å². The Hall–Kier alpha value is -4.51. The second-order valence-corrected chi connectivity index (χ2v) is 10.6. The molecule has 0 spiro atoms. The number of nitrogens with one attached hydrogen (secondary N) is 1. The maximum atomic E-state index is 14.0. The van der Waals surface area contributed by atoms with E-state index in [-0.39, 0.29) is 56.0 Å². The highest BCUT2D eigenvalue weighted by molar-refractivity contribution is 6.05. The largest absolute Gasteiger partial charge is 0.483 e. The Morgan fingerprint density at radius 2 is 1.52 bits per heavy atom. The van der Waals surface area contributed by atoms with Gasteiger partial charge in [-0.15, -0.1) is 0 Å². The van der Waals surface area contributed by atoms with Crippen LogP contribution in [0.3, 0.4) is 0 Å². The number of pyridine rings is 1. The Morgan fingerprint density at radius 1 is 0.935 bits per heavy atom. The van der Waals surface area contributed by atoms with Crippen molar-refractivity contribution in [2.24, 2.45) is 0 Å². The smallest absolute Gasteiger partial charge is 0.389 e. The molecule has 0 bridgehead atoms. The summed E-state index contributed by atoms with van der Waals surface area (Å²) in [7, 11) is 2.10. The SMILES string of the molecule is CN1CCN(c2ccc3c(c2)c(=O)n([C@H]2CC[C@H](O)CC2)c2nc(NCCCC(F)(F)F)ncc32)CC1.O=CO.O=CO.O=CO. The number of fused-ring (bicyclic) bond motifs is 3. The molecule has 14 nitrogen and oxygen atoms in total. The molecule has 2 aliphatic rings. The average molecular weight is 657 g/mol. The predicted molar refractivity (Wildman–Crippen MR) is 164 cm³/mol. The minimum absolute atomic E-state index is 0.0762. The number of piperazine rings is 1. The maximum absolute atomic E-state index is 14.0. The van der Waals surface area contributed by atoms with E-state index < -0.39 is 12.6 Å². The molecule has 3 aromatic rings. The highest BCUT2D eigenvalue weighted by Gasteiger charge is 2.27. The van der Waals surface area contributed by atoms with Crippen LogP contribution < -0.4 is 15.8 Å². The van der Waals surface area contributed by atoms with Gasteiger partial charge in [0.05, 0.1) is 11.5 Å². The molecule has 1 aliphatic heterocycles. The molecule has 1 aromatic carbocycles. The van der Waals surface area contributed by atoms with Crippen LogP contribution in [0.5, 0.6) is 0 Å². The number of hydrogen-bond acceptors (Lipinski definition) is 10. The molecule has 2 fully saturated rings. The molecule has 1 aliphatic carbocycles. The zero-order valence-corrected chi connectivity index (χ0v) is 25.3. The van der Waals surface area contributed by atoms with Gasteiger partial charge in [-0.3, -0.25) is 23.7 Å². The fraction of sp³-hybridized carbons (Fsp3) is 0.517. The number of aromatic nitrogens is 3. The van der Waals surface area contributed by atoms with Gasteiger partial charge >= 0.3 is 6.18 Å². The molecule has 0 radical (unpaired) electrons. The minimum atomic E-state index is -4.21. The van der Waals surface area contributed by atoms with E-state index in [0.29, 0.717) is 36.7 Å². The lowest BCUT2D eigenvalue weighted by Crippen LogP contribution is -2.44. The van der Waals surface area contributed by atoms with Crippen molar-refractivity contribution in [3.05, 3.63) is 34.7 Å². The first-order valence-electron chi connectivity index (χ1n) is 14.4. The van der Waals surface area contributed by atoms with Gasteiger partial charge in [0.2, 0.25) is 5.95 Å². The molecule has 2 aromatic heterocycles. The van der Waals surface area contributed by atoms with Crippen molar-refractivity contribution >= 4 is 52.9 Å².